The third-order valence-corrected chi connectivity index (χ3v) is 7.23. The first-order valence-electron chi connectivity index (χ1n) is 12.0. The SMILES string of the molecule is CN=CC(C=N)c1cnc2ccc(-c3cncc(NS(=O)(=O)c4ccc(Oc5ccccc5)cc4)c3)cc2n1. The van der Waals surface area contributed by atoms with Crippen LogP contribution in [0.1, 0.15) is 11.6 Å². The summed E-state index contributed by atoms with van der Waals surface area (Å²) in [6.07, 6.45) is 7.63. The molecule has 0 spiro atoms. The van der Waals surface area contributed by atoms with Gasteiger partial charge in [-0.25, -0.2) is 13.4 Å². The molecule has 2 N–H and O–H groups in total. The Morgan fingerprint density at radius 2 is 1.67 bits per heavy atom. The number of hydrogen-bond acceptors (Lipinski definition) is 8. The lowest BCUT2D eigenvalue weighted by Gasteiger charge is -2.11. The van der Waals surface area contributed by atoms with Crippen LogP contribution in [0.5, 0.6) is 11.5 Å². The van der Waals surface area contributed by atoms with E-state index in [2.05, 4.69) is 24.7 Å². The highest BCUT2D eigenvalue weighted by Gasteiger charge is 2.16. The molecule has 0 saturated carbocycles. The van der Waals surface area contributed by atoms with E-state index in [9.17, 15) is 8.42 Å². The summed E-state index contributed by atoms with van der Waals surface area (Å²) in [7, 11) is -2.22. The number of sulfonamides is 1. The van der Waals surface area contributed by atoms with Crippen LogP contribution >= 0.6 is 0 Å². The molecule has 0 radical (unpaired) electrons. The normalized spacial score (nSPS) is 12.3. The van der Waals surface area contributed by atoms with E-state index in [0.717, 1.165) is 5.56 Å². The minimum absolute atomic E-state index is 0.0956. The number of aliphatic imine (C=N–C) groups is 1. The molecule has 2 heterocycles. The molecular weight excluding hydrogens is 512 g/mol. The highest BCUT2D eigenvalue weighted by Crippen LogP contribution is 2.27. The molecule has 9 nitrogen and oxygen atoms in total. The van der Waals surface area contributed by atoms with E-state index in [-0.39, 0.29) is 10.8 Å². The Kier molecular flexibility index (Phi) is 7.37. The fourth-order valence-electron chi connectivity index (χ4n) is 3.91. The van der Waals surface area contributed by atoms with Gasteiger partial charge in [0.2, 0.25) is 0 Å². The molecule has 194 valence electrons. The maximum Gasteiger partial charge on any atom is 0.261 e. The minimum atomic E-state index is -3.86. The van der Waals surface area contributed by atoms with Gasteiger partial charge in [0.25, 0.3) is 10.0 Å². The maximum absolute atomic E-state index is 13.0. The van der Waals surface area contributed by atoms with Gasteiger partial charge in [0.1, 0.15) is 11.5 Å². The van der Waals surface area contributed by atoms with E-state index in [1.807, 2.05) is 48.5 Å². The second kappa shape index (κ2) is 11.2. The van der Waals surface area contributed by atoms with Crippen molar-refractivity contribution in [1.82, 2.24) is 15.0 Å². The van der Waals surface area contributed by atoms with Gasteiger partial charge in [-0.15, -0.1) is 0 Å². The Balaban J connectivity index is 1.37. The van der Waals surface area contributed by atoms with Gasteiger partial charge in [-0.05, 0) is 60.2 Å². The van der Waals surface area contributed by atoms with Gasteiger partial charge < -0.3 is 10.1 Å². The van der Waals surface area contributed by atoms with E-state index in [4.69, 9.17) is 10.1 Å². The zero-order valence-electron chi connectivity index (χ0n) is 20.9. The fraction of sp³-hybridized carbons (Fsp3) is 0.0690. The molecule has 0 aliphatic rings. The molecule has 39 heavy (non-hydrogen) atoms. The molecule has 0 aliphatic carbocycles. The van der Waals surface area contributed by atoms with Crippen molar-refractivity contribution < 1.29 is 13.2 Å². The Morgan fingerprint density at radius 3 is 2.41 bits per heavy atom. The number of benzene rings is 3. The van der Waals surface area contributed by atoms with Gasteiger partial charge in [0.05, 0.1) is 45.6 Å². The lowest BCUT2D eigenvalue weighted by Crippen LogP contribution is -2.13. The largest absolute Gasteiger partial charge is 0.457 e. The highest BCUT2D eigenvalue weighted by molar-refractivity contribution is 7.92. The van der Waals surface area contributed by atoms with Crippen LogP contribution < -0.4 is 9.46 Å². The molecule has 3 aromatic carbocycles. The molecule has 1 atom stereocenters. The number of fused-ring (bicyclic) bond motifs is 1. The Bertz CT molecular complexity index is 1760. The molecule has 0 aliphatic heterocycles. The molecule has 1 unspecified atom stereocenters. The summed E-state index contributed by atoms with van der Waals surface area (Å²) in [4.78, 5) is 17.4. The molecule has 5 aromatic rings. The van der Waals surface area contributed by atoms with Gasteiger partial charge in [-0.1, -0.05) is 24.3 Å². The summed E-state index contributed by atoms with van der Waals surface area (Å²) in [6, 6.07) is 22.7. The summed E-state index contributed by atoms with van der Waals surface area (Å²) in [5.41, 5.74) is 3.77. The van der Waals surface area contributed by atoms with Gasteiger partial charge >= 0.3 is 0 Å². The molecule has 2 aromatic heterocycles. The second-order valence-corrected chi connectivity index (χ2v) is 10.2. The molecule has 5 rings (SSSR count). The first-order valence-corrected chi connectivity index (χ1v) is 13.4. The van der Waals surface area contributed by atoms with E-state index in [1.165, 1.54) is 24.5 Å². The van der Waals surface area contributed by atoms with Crippen molar-refractivity contribution in [2.24, 2.45) is 4.99 Å². The summed E-state index contributed by atoms with van der Waals surface area (Å²) >= 11 is 0. The zero-order chi connectivity index (χ0) is 27.2. The number of anilines is 1. The standard InChI is InChI=1S/C29H24N6O3S/c1-31-16-22(15-30)29-19-33-27-12-7-20(14-28(27)34-29)21-13-23(18-32-17-21)35-39(36,37)26-10-8-25(9-11-26)38-24-5-3-2-4-6-24/h2-19,22,30,35H,1H3. The third-order valence-electron chi connectivity index (χ3n) is 5.83. The number of pyridine rings is 1. The van der Waals surface area contributed by atoms with Crippen molar-refractivity contribution in [3.05, 3.63) is 103 Å². The Hall–Kier alpha value is -4.96. The van der Waals surface area contributed by atoms with Crippen molar-refractivity contribution in [2.45, 2.75) is 10.8 Å². The highest BCUT2D eigenvalue weighted by atomic mass is 32.2. The molecule has 0 bridgehead atoms. The number of para-hydroxylation sites is 1. The third kappa shape index (κ3) is 5.97. The van der Waals surface area contributed by atoms with Crippen LogP contribution in [0.25, 0.3) is 22.2 Å². The molecule has 0 fully saturated rings. The first kappa shape index (κ1) is 25.7. The summed E-state index contributed by atoms with van der Waals surface area (Å²) < 4.78 is 34.4. The van der Waals surface area contributed by atoms with Crippen LogP contribution in [-0.4, -0.2) is 42.8 Å². The Morgan fingerprint density at radius 1 is 0.897 bits per heavy atom. The quantitative estimate of drug-likeness (QED) is 0.232. The van der Waals surface area contributed by atoms with Crippen LogP contribution in [0, 0.1) is 5.41 Å². The lowest BCUT2D eigenvalue weighted by molar-refractivity contribution is 0.482. The van der Waals surface area contributed by atoms with Gasteiger partial charge in [-0.2, -0.15) is 0 Å². The first-order chi connectivity index (χ1) is 18.9. The number of nitrogens with one attached hydrogen (secondary N) is 2. The van der Waals surface area contributed by atoms with Gasteiger partial charge in [0.15, 0.2) is 0 Å². The number of aromatic nitrogens is 3. The lowest BCUT2D eigenvalue weighted by atomic mass is 10.1. The van der Waals surface area contributed by atoms with E-state index < -0.39 is 10.0 Å². The number of nitrogens with zero attached hydrogens (tertiary/aromatic N) is 4. The summed E-state index contributed by atoms with van der Waals surface area (Å²) in [6.45, 7) is 0. The number of rotatable bonds is 9. The fourth-order valence-corrected chi connectivity index (χ4v) is 4.94. The smallest absolute Gasteiger partial charge is 0.261 e. The summed E-state index contributed by atoms with van der Waals surface area (Å²) in [5.74, 6) is 0.823. The van der Waals surface area contributed by atoms with Crippen LogP contribution in [0.15, 0.2) is 107 Å². The van der Waals surface area contributed by atoms with Crippen LogP contribution in [0.4, 0.5) is 5.69 Å². The second-order valence-electron chi connectivity index (χ2n) is 8.55. The Labute approximate surface area is 225 Å². The molecule has 10 heteroatoms. The predicted octanol–water partition coefficient (Wildman–Crippen LogP) is 5.72. The van der Waals surface area contributed by atoms with E-state index in [1.54, 1.807) is 43.9 Å². The van der Waals surface area contributed by atoms with Crippen molar-refractivity contribution >= 4 is 39.2 Å². The van der Waals surface area contributed by atoms with E-state index >= 15 is 0 Å². The monoisotopic (exact) mass is 536 g/mol. The number of hydrogen-bond donors (Lipinski definition) is 2. The van der Waals surface area contributed by atoms with Crippen molar-refractivity contribution in [3.8, 4) is 22.6 Å². The average molecular weight is 537 g/mol. The van der Waals surface area contributed by atoms with Crippen LogP contribution in [0.3, 0.4) is 0 Å². The van der Waals surface area contributed by atoms with E-state index in [0.29, 0.717) is 39.5 Å². The van der Waals surface area contributed by atoms with Gasteiger partial charge in [-0.3, -0.25) is 19.7 Å². The van der Waals surface area contributed by atoms with Crippen LogP contribution in [-0.2, 0) is 10.0 Å². The minimum Gasteiger partial charge on any atom is -0.457 e. The van der Waals surface area contributed by atoms with Crippen molar-refractivity contribution in [3.63, 3.8) is 0 Å². The zero-order valence-corrected chi connectivity index (χ0v) is 21.7. The van der Waals surface area contributed by atoms with Crippen LogP contribution in [0.2, 0.25) is 0 Å². The molecule has 0 saturated heterocycles. The van der Waals surface area contributed by atoms with Crippen molar-refractivity contribution in [2.75, 3.05) is 11.8 Å². The molecular formula is C29H24N6O3S. The predicted molar refractivity (Wildman–Crippen MR) is 152 cm³/mol. The molecule has 0 amide bonds. The average Bonchev–Trinajstić information content (AvgIpc) is 2.96. The van der Waals surface area contributed by atoms with Crippen molar-refractivity contribution in [1.29, 1.82) is 5.41 Å². The summed E-state index contributed by atoms with van der Waals surface area (Å²) in [5, 5.41) is 7.64. The van der Waals surface area contributed by atoms with Gasteiger partial charge in [0, 0.05) is 31.2 Å². The topological polar surface area (TPSA) is 130 Å². The maximum atomic E-state index is 13.0. The number of ether oxygens (including phenoxy) is 1.